The number of esters is 8. The summed E-state index contributed by atoms with van der Waals surface area (Å²) in [6, 6.07) is 11.0. The van der Waals surface area contributed by atoms with Crippen LogP contribution in [0.25, 0.3) is 0 Å². The fraction of sp³-hybridized carbons (Fsp3) is 0.739. The number of amides is 4. The van der Waals surface area contributed by atoms with Crippen LogP contribution >= 0.6 is 69.6 Å². The highest BCUT2D eigenvalue weighted by Gasteiger charge is 2.66. The molecule has 4 amide bonds. The third kappa shape index (κ3) is 27.4. The summed E-state index contributed by atoms with van der Waals surface area (Å²) < 4.78 is 171. The number of alkyl carbamates (subject to hydrolysis) is 4. The zero-order valence-corrected chi connectivity index (χ0v) is 85.0. The summed E-state index contributed by atoms with van der Waals surface area (Å²) in [7, 11) is 2.12. The van der Waals surface area contributed by atoms with Gasteiger partial charge in [0.05, 0.1) is 124 Å². The van der Waals surface area contributed by atoms with Gasteiger partial charge in [-0.25, -0.2) is 42.7 Å². The van der Waals surface area contributed by atoms with Gasteiger partial charge in [-0.2, -0.15) is 0 Å². The maximum Gasteiger partial charge on any atom is 0.407 e. The van der Waals surface area contributed by atoms with E-state index in [1.54, 1.807) is 119 Å². The third-order valence-corrected chi connectivity index (χ3v) is 27.5. The maximum atomic E-state index is 17.8. The van der Waals surface area contributed by atoms with E-state index < -0.39 is 344 Å². The van der Waals surface area contributed by atoms with Crippen molar-refractivity contribution in [2.75, 3.05) is 40.6 Å². The van der Waals surface area contributed by atoms with Crippen LogP contribution in [0.1, 0.15) is 176 Å². The molecule has 12 unspecified atom stereocenters. The normalized spacial score (nSPS) is 36.2. The lowest BCUT2D eigenvalue weighted by atomic mass is 9.82. The Hall–Kier alpha value is -7.57. The molecule has 9 fully saturated rings. The van der Waals surface area contributed by atoms with E-state index in [2.05, 4.69) is 21.3 Å². The Morgan fingerprint density at radius 2 is 0.779 bits per heavy atom. The molecule has 9 heterocycles. The minimum atomic E-state index is -2.49. The number of halogens is 7. The average Bonchev–Trinajstić information content (AvgIpc) is 1.40. The molecule has 0 radical (unpaired) electrons. The van der Waals surface area contributed by atoms with E-state index in [9.17, 15) is 57.5 Å². The molecule has 9 aliphatic rings. The zero-order valence-electron chi connectivity index (χ0n) is 80.5. The molecule has 41 nitrogen and oxygen atoms in total. The molecule has 4 N–H and O–H groups in total. The fourth-order valence-electron chi connectivity index (χ4n) is 19.2. The van der Waals surface area contributed by atoms with Crippen LogP contribution in [0.15, 0.2) is 60.7 Å². The maximum absolute atomic E-state index is 17.8. The summed E-state index contributed by atoms with van der Waals surface area (Å²) in [6.07, 6.45) is -38.2. The first kappa shape index (κ1) is 113. The van der Waals surface area contributed by atoms with Crippen LogP contribution < -0.4 is 21.3 Å². The van der Waals surface area contributed by atoms with Crippen molar-refractivity contribution in [3.63, 3.8) is 0 Å². The number of carbonyl (C=O) groups is 12. The molecule has 9 saturated heterocycles. The molecule has 48 heteroatoms. The zero-order chi connectivity index (χ0) is 103. The van der Waals surface area contributed by atoms with Crippen molar-refractivity contribution in [1.29, 1.82) is 0 Å². The van der Waals surface area contributed by atoms with Gasteiger partial charge in [-0.15, -0.1) is 0 Å². The fourth-order valence-corrected chi connectivity index (χ4v) is 19.6. The number of hydrogen-bond acceptors (Lipinski definition) is 37. The number of ether oxygens (including phenoxy) is 25. The first-order chi connectivity index (χ1) is 66.1. The molecule has 9 aliphatic heterocycles. The lowest BCUT2D eigenvalue weighted by Gasteiger charge is -2.52. The summed E-state index contributed by atoms with van der Waals surface area (Å²) in [4.78, 5) is 164. The van der Waals surface area contributed by atoms with Gasteiger partial charge in [0.25, 0.3) is 11.6 Å². The Bertz CT molecular complexity index is 4580. The van der Waals surface area contributed by atoms with Crippen molar-refractivity contribution in [3.05, 3.63) is 71.8 Å². The molecule has 2 aromatic carbocycles. The highest BCUT2D eigenvalue weighted by atomic mass is 35.6. The molecule has 0 aromatic heterocycles. The molecule has 0 aliphatic carbocycles. The topological polar surface area (TPSA) is 484 Å². The molecule has 784 valence electrons. The summed E-state index contributed by atoms with van der Waals surface area (Å²) in [5.41, 5.74) is 0.297. The first-order valence-corrected chi connectivity index (χ1v) is 48.9. The van der Waals surface area contributed by atoms with E-state index in [4.69, 9.17) is 188 Å². The minimum Gasteiger partial charge on any atom is -0.465 e. The molecular formula is C92H125Cl6FN4O37. The van der Waals surface area contributed by atoms with E-state index in [1.165, 1.54) is 24.3 Å². The number of rotatable bonds is 37. The molecule has 0 saturated carbocycles. The number of methoxy groups -OCH3 is 2. The highest BCUT2D eigenvalue weighted by Crippen LogP contribution is 2.48. The van der Waals surface area contributed by atoms with Gasteiger partial charge in [-0.3, -0.25) is 19.2 Å². The van der Waals surface area contributed by atoms with Gasteiger partial charge in [0.2, 0.25) is 13.9 Å². The Morgan fingerprint density at radius 1 is 0.443 bits per heavy atom. The van der Waals surface area contributed by atoms with Gasteiger partial charge in [0.15, 0.2) is 49.6 Å². The second-order valence-corrected chi connectivity index (χ2v) is 41.2. The van der Waals surface area contributed by atoms with Crippen LogP contribution in [0, 0.1) is 41.4 Å². The van der Waals surface area contributed by atoms with Gasteiger partial charge in [0.1, 0.15) is 55.9 Å². The first-order valence-electron chi connectivity index (χ1n) is 46.6. The van der Waals surface area contributed by atoms with Gasteiger partial charge in [0, 0.05) is 57.3 Å². The number of nitrogens with one attached hydrogen (secondary N) is 4. The van der Waals surface area contributed by atoms with Crippen molar-refractivity contribution in [3.8, 4) is 0 Å². The van der Waals surface area contributed by atoms with Crippen molar-refractivity contribution in [2.45, 2.75) is 347 Å². The number of benzene rings is 2. The number of carbonyl (C=O) groups excluding carboxylic acids is 12. The lowest BCUT2D eigenvalue weighted by Crippen LogP contribution is -2.67. The Balaban J connectivity index is 0.893. The molecule has 37 atom stereocenters. The van der Waals surface area contributed by atoms with Gasteiger partial charge >= 0.3 is 72.1 Å². The number of hydrogen-bond donors (Lipinski definition) is 4. The number of alkyl halides is 7. The minimum absolute atomic E-state index is 0.0498. The molecule has 140 heavy (non-hydrogen) atoms. The van der Waals surface area contributed by atoms with Crippen LogP contribution in [0.5, 0.6) is 0 Å². The lowest BCUT2D eigenvalue weighted by molar-refractivity contribution is -0.365. The Morgan fingerprint density at radius 3 is 1.11 bits per heavy atom. The van der Waals surface area contributed by atoms with E-state index in [0.29, 0.717) is 0 Å². The predicted octanol–water partition coefficient (Wildman–Crippen LogP) is 11.0. The van der Waals surface area contributed by atoms with Crippen molar-refractivity contribution < 1.29 is 180 Å². The molecule has 11 rings (SSSR count). The van der Waals surface area contributed by atoms with E-state index in [1.807, 2.05) is 0 Å². The average molecular weight is 2110 g/mol. The van der Waals surface area contributed by atoms with Crippen LogP contribution in [0.3, 0.4) is 0 Å². The Labute approximate surface area is 839 Å². The summed E-state index contributed by atoms with van der Waals surface area (Å²) in [5, 5.41) is 10.9. The molecule has 0 spiro atoms. The highest BCUT2D eigenvalue weighted by molar-refractivity contribution is 6.68. The molecular weight excluding hydrogens is 1980 g/mol. The van der Waals surface area contributed by atoms with Gasteiger partial charge in [-0.1, -0.05) is 189 Å². The van der Waals surface area contributed by atoms with Crippen molar-refractivity contribution in [2.24, 2.45) is 41.4 Å². The smallest absolute Gasteiger partial charge is 0.407 e. The summed E-state index contributed by atoms with van der Waals surface area (Å²) in [6.45, 7) is 22.2. The monoisotopic (exact) mass is 2110 g/mol. The van der Waals surface area contributed by atoms with Crippen LogP contribution in [0.4, 0.5) is 23.6 Å². The van der Waals surface area contributed by atoms with E-state index >= 15 is 4.39 Å². The Kier molecular flexibility index (Phi) is 39.5. The van der Waals surface area contributed by atoms with Crippen LogP contribution in [0.2, 0.25) is 0 Å². The van der Waals surface area contributed by atoms with Crippen molar-refractivity contribution >= 4 is 142 Å². The third-order valence-electron chi connectivity index (χ3n) is 26.8. The second-order valence-electron chi connectivity index (χ2n) is 36.2. The standard InChI is InChI=1S/C92H125Cl6FN4O37/c1-19-53-68(135-79-62(100-85(112)118-38-91(93,94)95)44(10)66(54(20-2)127-79)136-81-70(133-77(108)51-30-26-24-27-31-51)42(8)40(6)60(129-81)36-120-89(83(110)116-17)34-58-64(102-87(114)131-58)74(139-89)72(124-49(15)106)56(22-4)122-47(13)104)46(12)69(76(99)126-53)138-80-63(101-86(113)119-39-92(96,97)98)45(11)67(55(21-3)128-80)137-82-71(134-78(109)52-32-28-25-29-33-52)43(9)41(7)61(130-82)37-121-90(84(111)117-18)35-59-65(103-88(115)132-59)75(140-90)73(125-50(16)107)57(23-5)123-48(14)105/h24-33,40-46,53-76,79-82H,19-23,34-39H2,1-18H3,(H,100,112)(H,101,113)(H,102,114)(H,103,115)/t40-,41-,42+,43+,44-,45-,46+,53?,54?,55?,56-,57-,58-,59-,60?,61?,62?,63?,64-,65-,66+,67+,68+,69?,70?,71?,72-,73-,74?,75?,76+,79+,80+,81+,82+,89-,90-/m1/s1. The second kappa shape index (κ2) is 49.1. The quantitative estimate of drug-likeness (QED) is 0.0277. The van der Waals surface area contributed by atoms with E-state index in [-0.39, 0.29) is 43.2 Å². The van der Waals surface area contributed by atoms with Crippen LogP contribution in [-0.4, -0.2) is 304 Å². The van der Waals surface area contributed by atoms with E-state index in [0.717, 1.165) is 41.9 Å². The van der Waals surface area contributed by atoms with Gasteiger partial charge < -0.3 is 140 Å². The molecule has 0 bridgehead atoms. The van der Waals surface area contributed by atoms with Crippen LogP contribution in [-0.2, 0) is 147 Å². The summed E-state index contributed by atoms with van der Waals surface area (Å²) in [5.74, 6) is -18.0. The summed E-state index contributed by atoms with van der Waals surface area (Å²) >= 11 is 36.9. The SMILES string of the molecule is CCC1O[C@@H](OC2[C@@H](C)[C@H](O[C@@H]3OC(CC)[C@@H](O[C@@H]4OC(CO[C@]5(C(=O)OC)C[C@H]6OC(=O)N[C@H]6C([C@H](OC(C)=O)[C@@H](CC)OC(C)=O)O5)[C@H](C)[C@H](C)C4OC(=O)c4ccccc4)[C@H](C)C3NC(=O)OCC(Cl)(Cl)Cl)C(CC)O[C@@H]2F)C(NC(=O)OCC(Cl)(Cl)Cl)[C@@H](C)[C@@H]1O[C@@H]1OC(CO[C@]2(C(=O)OC)C[C@H]3OC(=O)N[C@H]3C([C@H](OC(C)=O)[C@@H](CC)OC(C)=O)O2)[C@H](C)[C@H](C)C1OC(=O)c1ccccc1. The molecule has 2 aromatic rings. The predicted molar refractivity (Wildman–Crippen MR) is 485 cm³/mol. The van der Waals surface area contributed by atoms with Gasteiger partial charge in [-0.05, 0) is 68.2 Å². The van der Waals surface area contributed by atoms with Crippen molar-refractivity contribution in [1.82, 2.24) is 21.3 Å². The number of fused-ring (bicyclic) bond motifs is 2. The largest absolute Gasteiger partial charge is 0.465 e.